The number of anilines is 3. The Hall–Kier alpha value is -6.57. The summed E-state index contributed by atoms with van der Waals surface area (Å²) in [5.74, 6) is -6.93. The summed E-state index contributed by atoms with van der Waals surface area (Å²) in [6, 6.07) is 8.99. The number of benzene rings is 2. The fourth-order valence-electron chi connectivity index (χ4n) is 7.65. The summed E-state index contributed by atoms with van der Waals surface area (Å²) >= 11 is 5.55. The molecule has 0 spiro atoms. The van der Waals surface area contributed by atoms with Crippen molar-refractivity contribution in [3.63, 3.8) is 0 Å². The molecule has 0 unspecified atom stereocenters. The molecule has 0 atom stereocenters. The Bertz CT molecular complexity index is 2260. The third-order valence-corrected chi connectivity index (χ3v) is 11.2. The van der Waals surface area contributed by atoms with Crippen molar-refractivity contribution in [2.75, 3.05) is 61.1 Å². The number of carboxylic acid groups (broad SMARTS) is 5. The summed E-state index contributed by atoms with van der Waals surface area (Å²) in [4.78, 5) is 65.1. The molecule has 4 rings (SSSR count). The highest BCUT2D eigenvalue weighted by molar-refractivity contribution is 7.80. The number of rotatable bonds is 35. The normalized spacial score (nSPS) is 11.0. The number of oxazole rings is 1. The highest BCUT2D eigenvalue weighted by atomic mass is 32.1. The van der Waals surface area contributed by atoms with E-state index in [1.165, 1.54) is 115 Å². The van der Waals surface area contributed by atoms with E-state index in [0.29, 0.717) is 22.7 Å². The Labute approximate surface area is 400 Å². The van der Waals surface area contributed by atoms with Crippen LogP contribution in [0.25, 0.3) is 22.6 Å². The highest BCUT2D eigenvalue weighted by Crippen LogP contribution is 2.38. The van der Waals surface area contributed by atoms with Crippen molar-refractivity contribution < 1.29 is 67.8 Å². The molecule has 2 heterocycles. The molecule has 372 valence electrons. The van der Waals surface area contributed by atoms with E-state index < -0.39 is 61.8 Å². The van der Waals surface area contributed by atoms with Gasteiger partial charge < -0.3 is 64.3 Å². The number of fused-ring (bicyclic) bond motifs is 1. The number of carbonyl (C=O) groups is 5. The van der Waals surface area contributed by atoms with Gasteiger partial charge in [-0.05, 0) is 49.8 Å². The lowest BCUT2D eigenvalue weighted by Crippen LogP contribution is -2.35. The van der Waals surface area contributed by atoms with E-state index in [1.54, 1.807) is 12.1 Å². The summed E-state index contributed by atoms with van der Waals surface area (Å²) in [6.07, 6.45) is 20.3. The van der Waals surface area contributed by atoms with Crippen molar-refractivity contribution in [3.8, 4) is 23.1 Å². The van der Waals surface area contributed by atoms with Gasteiger partial charge in [0.05, 0.1) is 17.1 Å². The smallest absolute Gasteiger partial charge is 0.373 e. The number of carboxylic acids is 5. The maximum absolute atomic E-state index is 11.8. The molecule has 0 amide bonds. The lowest BCUT2D eigenvalue weighted by Gasteiger charge is -2.25. The van der Waals surface area contributed by atoms with E-state index in [-0.39, 0.29) is 59.0 Å². The van der Waals surface area contributed by atoms with Crippen LogP contribution in [0.2, 0.25) is 0 Å². The molecule has 0 bridgehead atoms. The van der Waals surface area contributed by atoms with Crippen molar-refractivity contribution >= 4 is 75.2 Å². The number of aromatic nitrogens is 1. The number of nitrogens with one attached hydrogen (secondary N) is 2. The average Bonchev–Trinajstić information content (AvgIpc) is 3.88. The van der Waals surface area contributed by atoms with Crippen LogP contribution in [0.1, 0.15) is 126 Å². The Balaban J connectivity index is 1.38. The van der Waals surface area contributed by atoms with Crippen molar-refractivity contribution in [2.45, 2.75) is 117 Å². The minimum absolute atomic E-state index is 0.0274. The van der Waals surface area contributed by atoms with Crippen LogP contribution >= 0.6 is 12.2 Å². The number of hydrogen-bond acceptors (Lipinski definition) is 13. The number of furan rings is 1. The molecule has 0 aliphatic heterocycles. The van der Waals surface area contributed by atoms with E-state index in [1.807, 2.05) is 0 Å². The van der Waals surface area contributed by atoms with Gasteiger partial charge in [-0.25, -0.2) is 9.78 Å². The lowest BCUT2D eigenvalue weighted by atomic mass is 10.0. The van der Waals surface area contributed by atoms with E-state index in [0.717, 1.165) is 29.1 Å². The van der Waals surface area contributed by atoms with E-state index in [2.05, 4.69) is 22.5 Å². The maximum Gasteiger partial charge on any atom is 0.373 e. The van der Waals surface area contributed by atoms with Gasteiger partial charge >= 0.3 is 29.8 Å². The second-order valence-corrected chi connectivity index (χ2v) is 17.0. The van der Waals surface area contributed by atoms with Crippen molar-refractivity contribution in [3.05, 3.63) is 47.9 Å². The van der Waals surface area contributed by atoms with E-state index in [9.17, 15) is 49.5 Å². The molecule has 2 aromatic carbocycles. The topological polar surface area (TPSA) is 275 Å². The van der Waals surface area contributed by atoms with E-state index in [4.69, 9.17) is 30.5 Å². The van der Waals surface area contributed by atoms with Crippen molar-refractivity contribution in [1.29, 1.82) is 0 Å². The number of thiocarbonyl (C=S) groups is 1. The Morgan fingerprint density at radius 1 is 0.632 bits per heavy atom. The third kappa shape index (κ3) is 18.6. The summed E-state index contributed by atoms with van der Waals surface area (Å²) in [5, 5.41) is 55.0. The van der Waals surface area contributed by atoms with Crippen LogP contribution < -0.4 is 29.9 Å². The van der Waals surface area contributed by atoms with Crippen LogP contribution in [0.5, 0.6) is 11.5 Å². The van der Waals surface area contributed by atoms with Gasteiger partial charge in [-0.3, -0.25) is 19.2 Å². The maximum atomic E-state index is 11.8. The van der Waals surface area contributed by atoms with Crippen LogP contribution in [-0.4, -0.2) is 111 Å². The predicted molar refractivity (Wildman–Crippen MR) is 260 cm³/mol. The molecular formula is C48H65N5O14S. The van der Waals surface area contributed by atoms with Gasteiger partial charge in [-0.1, -0.05) is 103 Å². The van der Waals surface area contributed by atoms with Gasteiger partial charge in [0.1, 0.15) is 56.5 Å². The van der Waals surface area contributed by atoms with Crippen LogP contribution in [0, 0.1) is 6.92 Å². The van der Waals surface area contributed by atoms with Crippen molar-refractivity contribution in [2.24, 2.45) is 0 Å². The van der Waals surface area contributed by atoms with Gasteiger partial charge in [0.25, 0.3) is 5.89 Å². The summed E-state index contributed by atoms with van der Waals surface area (Å²) in [7, 11) is 0. The number of aromatic carboxylic acids is 1. The third-order valence-electron chi connectivity index (χ3n) is 10.9. The Kier molecular flexibility index (Phi) is 22.7. The highest BCUT2D eigenvalue weighted by Gasteiger charge is 2.24. The minimum atomic E-state index is -1.33. The molecule has 20 heteroatoms. The molecule has 0 radical (unpaired) electrons. The number of aryl methyl sites for hydroxylation is 1. The molecule has 2 aromatic heterocycles. The molecule has 0 saturated carbocycles. The molecule has 0 aliphatic carbocycles. The van der Waals surface area contributed by atoms with E-state index >= 15 is 0 Å². The summed E-state index contributed by atoms with van der Waals surface area (Å²) in [6.45, 7) is 1.12. The average molecular weight is 968 g/mol. The number of nitrogens with zero attached hydrogens (tertiary/aromatic N) is 3. The van der Waals surface area contributed by atoms with Gasteiger partial charge in [-0.15, -0.1) is 0 Å². The number of unbranched alkanes of at least 4 members (excludes halogenated alkanes) is 15. The molecule has 7 N–H and O–H groups in total. The molecule has 0 fully saturated rings. The first-order valence-corrected chi connectivity index (χ1v) is 23.7. The van der Waals surface area contributed by atoms with Crippen LogP contribution in [-0.2, 0) is 19.2 Å². The van der Waals surface area contributed by atoms with Crippen LogP contribution in [0.4, 0.5) is 17.1 Å². The number of hydrogen-bond donors (Lipinski definition) is 7. The Morgan fingerprint density at radius 3 is 1.60 bits per heavy atom. The van der Waals surface area contributed by atoms with Gasteiger partial charge in [-0.2, -0.15) is 0 Å². The molecule has 68 heavy (non-hydrogen) atoms. The first kappa shape index (κ1) is 54.0. The predicted octanol–water partition coefficient (Wildman–Crippen LogP) is 9.05. The molecule has 0 aliphatic rings. The fourth-order valence-corrected chi connectivity index (χ4v) is 7.87. The minimum Gasteiger partial charge on any atom is -0.488 e. The van der Waals surface area contributed by atoms with Crippen LogP contribution in [0.3, 0.4) is 0 Å². The fraction of sp³-hybridized carbons (Fsp3) is 0.521. The quantitative estimate of drug-likeness (QED) is 0.0167. The van der Waals surface area contributed by atoms with Crippen molar-refractivity contribution in [1.82, 2.24) is 10.3 Å². The van der Waals surface area contributed by atoms with Crippen LogP contribution in [0.15, 0.2) is 45.2 Å². The SMILES string of the molecule is CCCCCCCCCCCCCCCCCCNC(=S)Nc1ccc(N(CC(=O)O)CC(=O)O)c(OCCOc2cc3cc(-c4nc(C)c(C(=O)O)o4)oc3cc2N(CC(=O)O)CC(=O)O)c1. The van der Waals surface area contributed by atoms with Gasteiger partial charge in [0.15, 0.2) is 10.9 Å². The zero-order valence-electron chi connectivity index (χ0n) is 38.9. The zero-order valence-corrected chi connectivity index (χ0v) is 39.7. The second kappa shape index (κ2) is 28.6. The van der Waals surface area contributed by atoms with Gasteiger partial charge in [0.2, 0.25) is 5.76 Å². The molecule has 0 saturated heterocycles. The zero-order chi connectivity index (χ0) is 49.4. The molecule has 19 nitrogen and oxygen atoms in total. The standard InChI is InChI=1S/C48H65N5O14S/c1-3-4-5-6-7-8-9-10-11-12-13-14-15-16-17-18-21-49-48(68)51-34-19-20-35(52(28-41(54)55)29-42(56)57)39(26-34)65-23-22-64-38-24-33-25-40(46-50-32(2)45(67-46)47(62)63)66-37(33)27-36(38)53(30-43(58)59)31-44(60)61/h19-20,24-27H,3-18,21-23,28-31H2,1-2H3,(H,54,55)(H,56,57)(H,58,59)(H,60,61)(H,62,63)(H2,49,51,68). The monoisotopic (exact) mass is 967 g/mol. The number of aliphatic carboxylic acids is 4. The summed E-state index contributed by atoms with van der Waals surface area (Å²) < 4.78 is 23.4. The van der Waals surface area contributed by atoms with Gasteiger partial charge in [0, 0.05) is 29.8 Å². The molecular weight excluding hydrogens is 903 g/mol. The first-order valence-electron chi connectivity index (χ1n) is 23.2. The second-order valence-electron chi connectivity index (χ2n) is 16.6. The number of ether oxygens (including phenoxy) is 2. The summed E-state index contributed by atoms with van der Waals surface area (Å²) in [5.41, 5.74) is 0.903. The Morgan fingerprint density at radius 2 is 1.12 bits per heavy atom. The largest absolute Gasteiger partial charge is 0.488 e. The molecule has 4 aromatic rings. The first-order chi connectivity index (χ1) is 32.6. The lowest BCUT2D eigenvalue weighted by molar-refractivity contribution is -0.138.